The summed E-state index contributed by atoms with van der Waals surface area (Å²) in [6.45, 7) is 3.63. The monoisotopic (exact) mass is 171 g/mol. The molecule has 12 heavy (non-hydrogen) atoms. The molecule has 0 aliphatic heterocycles. The molecule has 1 aliphatic carbocycles. The highest BCUT2D eigenvalue weighted by atomic mass is 16.3. The summed E-state index contributed by atoms with van der Waals surface area (Å²) in [4.78, 5) is 0. The lowest BCUT2D eigenvalue weighted by Gasteiger charge is -2.13. The molecule has 0 unspecified atom stereocenters. The number of rotatable bonds is 7. The van der Waals surface area contributed by atoms with E-state index in [1.807, 2.05) is 0 Å². The van der Waals surface area contributed by atoms with Crippen LogP contribution in [0.25, 0.3) is 0 Å². The van der Waals surface area contributed by atoms with E-state index in [0.29, 0.717) is 6.61 Å². The molecule has 1 aliphatic rings. The van der Waals surface area contributed by atoms with Gasteiger partial charge in [-0.15, -0.1) is 0 Å². The minimum atomic E-state index is 0.145. The lowest BCUT2D eigenvalue weighted by Crippen LogP contribution is -2.35. The molecule has 0 radical (unpaired) electrons. The Morgan fingerprint density at radius 2 is 2.00 bits per heavy atom. The van der Waals surface area contributed by atoms with Crippen molar-refractivity contribution in [2.75, 3.05) is 13.2 Å². The van der Waals surface area contributed by atoms with Crippen LogP contribution in [0, 0.1) is 0 Å². The smallest absolute Gasteiger partial charge is 0.0613 e. The standard InChI is InChI=1S/C10H21NO/c1-2-3-4-5-8-11-10(9-12)6-7-10/h11-12H,2-9H2,1H3. The van der Waals surface area contributed by atoms with Crippen molar-refractivity contribution in [2.24, 2.45) is 0 Å². The Bertz CT molecular complexity index is 121. The Labute approximate surface area is 75.4 Å². The highest BCUT2D eigenvalue weighted by Gasteiger charge is 2.40. The molecule has 0 bridgehead atoms. The Balaban J connectivity index is 1.89. The predicted octanol–water partition coefficient (Wildman–Crippen LogP) is 1.68. The summed E-state index contributed by atoms with van der Waals surface area (Å²) in [5, 5.41) is 12.4. The Hall–Kier alpha value is -0.0800. The first-order valence-electron chi connectivity index (χ1n) is 5.19. The van der Waals surface area contributed by atoms with Gasteiger partial charge in [0.05, 0.1) is 6.61 Å². The summed E-state index contributed by atoms with van der Waals surface area (Å²) in [5.74, 6) is 0. The molecular formula is C10H21NO. The van der Waals surface area contributed by atoms with Gasteiger partial charge in [0, 0.05) is 5.54 Å². The molecule has 2 N–H and O–H groups in total. The molecule has 2 nitrogen and oxygen atoms in total. The van der Waals surface area contributed by atoms with E-state index in [2.05, 4.69) is 12.2 Å². The SMILES string of the molecule is CCCCCCNC1(CO)CC1. The second kappa shape index (κ2) is 4.83. The number of nitrogens with one attached hydrogen (secondary N) is 1. The van der Waals surface area contributed by atoms with Gasteiger partial charge in [-0.3, -0.25) is 0 Å². The van der Waals surface area contributed by atoms with Crippen LogP contribution in [0.1, 0.15) is 45.4 Å². The molecule has 2 heteroatoms. The summed E-state index contributed by atoms with van der Waals surface area (Å²) in [6, 6.07) is 0. The predicted molar refractivity (Wildman–Crippen MR) is 51.2 cm³/mol. The van der Waals surface area contributed by atoms with Crippen molar-refractivity contribution in [2.45, 2.75) is 51.0 Å². The van der Waals surface area contributed by atoms with Gasteiger partial charge in [-0.25, -0.2) is 0 Å². The molecule has 1 rings (SSSR count). The molecular weight excluding hydrogens is 150 g/mol. The van der Waals surface area contributed by atoms with Crippen molar-refractivity contribution in [3.05, 3.63) is 0 Å². The zero-order valence-electron chi connectivity index (χ0n) is 8.10. The Morgan fingerprint density at radius 3 is 2.50 bits per heavy atom. The summed E-state index contributed by atoms with van der Waals surface area (Å²) in [7, 11) is 0. The van der Waals surface area contributed by atoms with Gasteiger partial charge < -0.3 is 10.4 Å². The molecule has 0 saturated heterocycles. The summed E-state index contributed by atoms with van der Waals surface area (Å²) in [5.41, 5.74) is 0.145. The Morgan fingerprint density at radius 1 is 1.25 bits per heavy atom. The number of hydrogen-bond acceptors (Lipinski definition) is 2. The fourth-order valence-electron chi connectivity index (χ4n) is 1.45. The van der Waals surface area contributed by atoms with E-state index in [1.165, 1.54) is 25.7 Å². The first kappa shape index (κ1) is 10.0. The molecule has 1 saturated carbocycles. The average molecular weight is 171 g/mol. The van der Waals surface area contributed by atoms with Crippen LogP contribution < -0.4 is 5.32 Å². The van der Waals surface area contributed by atoms with E-state index < -0.39 is 0 Å². The van der Waals surface area contributed by atoms with Crippen LogP contribution in [0.2, 0.25) is 0 Å². The summed E-state index contributed by atoms with van der Waals surface area (Å²) in [6.07, 6.45) is 7.55. The van der Waals surface area contributed by atoms with Crippen molar-refractivity contribution >= 4 is 0 Å². The minimum Gasteiger partial charge on any atom is -0.394 e. The largest absolute Gasteiger partial charge is 0.394 e. The van der Waals surface area contributed by atoms with Crippen molar-refractivity contribution < 1.29 is 5.11 Å². The number of aliphatic hydroxyl groups excluding tert-OH is 1. The third-order valence-electron chi connectivity index (χ3n) is 2.69. The van der Waals surface area contributed by atoms with E-state index in [0.717, 1.165) is 19.4 Å². The number of hydrogen-bond donors (Lipinski definition) is 2. The maximum atomic E-state index is 9.00. The average Bonchev–Trinajstić information content (AvgIpc) is 2.85. The molecule has 0 aromatic carbocycles. The lowest BCUT2D eigenvalue weighted by atomic mass is 10.2. The number of aliphatic hydroxyl groups is 1. The van der Waals surface area contributed by atoms with Gasteiger partial charge in [-0.1, -0.05) is 26.2 Å². The quantitative estimate of drug-likeness (QED) is 0.571. The molecule has 0 spiro atoms. The third kappa shape index (κ3) is 3.11. The lowest BCUT2D eigenvalue weighted by molar-refractivity contribution is 0.230. The van der Waals surface area contributed by atoms with E-state index in [9.17, 15) is 0 Å². The van der Waals surface area contributed by atoms with Crippen LogP contribution in [0.5, 0.6) is 0 Å². The molecule has 72 valence electrons. The maximum Gasteiger partial charge on any atom is 0.0613 e. The Kier molecular flexibility index (Phi) is 4.02. The van der Waals surface area contributed by atoms with Crippen LogP contribution >= 0.6 is 0 Å². The number of unbranched alkanes of at least 4 members (excludes halogenated alkanes) is 3. The van der Waals surface area contributed by atoms with Crippen molar-refractivity contribution in [3.63, 3.8) is 0 Å². The second-order valence-corrected chi connectivity index (χ2v) is 3.93. The highest BCUT2D eigenvalue weighted by molar-refractivity contribution is 5.01. The van der Waals surface area contributed by atoms with Crippen LogP contribution in [-0.2, 0) is 0 Å². The van der Waals surface area contributed by atoms with Crippen LogP contribution in [0.15, 0.2) is 0 Å². The molecule has 0 aromatic rings. The molecule has 0 atom stereocenters. The van der Waals surface area contributed by atoms with E-state index in [1.54, 1.807) is 0 Å². The maximum absolute atomic E-state index is 9.00. The van der Waals surface area contributed by atoms with Gasteiger partial charge in [0.1, 0.15) is 0 Å². The zero-order valence-corrected chi connectivity index (χ0v) is 8.10. The van der Waals surface area contributed by atoms with Gasteiger partial charge >= 0.3 is 0 Å². The van der Waals surface area contributed by atoms with E-state index in [4.69, 9.17) is 5.11 Å². The van der Waals surface area contributed by atoms with Crippen molar-refractivity contribution in [3.8, 4) is 0 Å². The fourth-order valence-corrected chi connectivity index (χ4v) is 1.45. The van der Waals surface area contributed by atoms with Gasteiger partial charge in [-0.05, 0) is 25.8 Å². The molecule has 1 fully saturated rings. The first-order chi connectivity index (χ1) is 5.83. The second-order valence-electron chi connectivity index (χ2n) is 3.93. The van der Waals surface area contributed by atoms with E-state index in [-0.39, 0.29) is 5.54 Å². The molecule has 0 aromatic heterocycles. The topological polar surface area (TPSA) is 32.3 Å². The summed E-state index contributed by atoms with van der Waals surface area (Å²) >= 11 is 0. The van der Waals surface area contributed by atoms with Gasteiger partial charge in [0.15, 0.2) is 0 Å². The highest BCUT2D eigenvalue weighted by Crippen LogP contribution is 2.34. The van der Waals surface area contributed by atoms with Crippen LogP contribution in [0.3, 0.4) is 0 Å². The van der Waals surface area contributed by atoms with Gasteiger partial charge in [-0.2, -0.15) is 0 Å². The van der Waals surface area contributed by atoms with Crippen molar-refractivity contribution in [1.82, 2.24) is 5.32 Å². The molecule has 0 heterocycles. The first-order valence-corrected chi connectivity index (χ1v) is 5.19. The van der Waals surface area contributed by atoms with E-state index >= 15 is 0 Å². The third-order valence-corrected chi connectivity index (χ3v) is 2.69. The van der Waals surface area contributed by atoms with Crippen LogP contribution in [0.4, 0.5) is 0 Å². The zero-order chi connectivity index (χ0) is 8.86. The molecule has 0 amide bonds. The fraction of sp³-hybridized carbons (Fsp3) is 1.00. The van der Waals surface area contributed by atoms with Crippen LogP contribution in [-0.4, -0.2) is 23.8 Å². The minimum absolute atomic E-state index is 0.145. The van der Waals surface area contributed by atoms with Crippen molar-refractivity contribution in [1.29, 1.82) is 0 Å². The van der Waals surface area contributed by atoms with Gasteiger partial charge in [0.2, 0.25) is 0 Å². The van der Waals surface area contributed by atoms with Gasteiger partial charge in [0.25, 0.3) is 0 Å². The summed E-state index contributed by atoms with van der Waals surface area (Å²) < 4.78 is 0. The normalized spacial score (nSPS) is 19.5.